The minimum atomic E-state index is 0.341. The monoisotopic (exact) mass is 572 g/mol. The fraction of sp³-hybridized carbons (Fsp3) is 0.286. The second kappa shape index (κ2) is 10.7. The van der Waals surface area contributed by atoms with Gasteiger partial charge in [-0.25, -0.2) is 0 Å². The van der Waals surface area contributed by atoms with E-state index in [1.54, 1.807) is 0 Å². The van der Waals surface area contributed by atoms with E-state index in [-0.39, 0.29) is 0 Å². The predicted molar refractivity (Wildman–Crippen MR) is 185 cm³/mol. The van der Waals surface area contributed by atoms with Crippen LogP contribution in [0.4, 0.5) is 5.69 Å². The van der Waals surface area contributed by atoms with Crippen LogP contribution < -0.4 is 15.5 Å². The number of fused-ring (bicyclic) bond motifs is 6. The van der Waals surface area contributed by atoms with Gasteiger partial charge in [-0.2, -0.15) is 0 Å². The molecule has 218 valence electrons. The Labute approximate surface area is 260 Å². The van der Waals surface area contributed by atoms with Gasteiger partial charge in [-0.3, -0.25) is 0 Å². The maximum Gasteiger partial charge on any atom is 0.0597 e. The van der Waals surface area contributed by atoms with E-state index in [0.717, 1.165) is 12.8 Å². The molecule has 0 bridgehead atoms. The summed E-state index contributed by atoms with van der Waals surface area (Å²) in [4.78, 5) is 2.77. The van der Waals surface area contributed by atoms with Crippen LogP contribution in [0.25, 0.3) is 28.2 Å². The first-order chi connectivity index (χ1) is 21.8. The first-order valence-electron chi connectivity index (χ1n) is 16.9. The number of nitrogens with zero attached hydrogens (tertiary/aromatic N) is 2. The van der Waals surface area contributed by atoms with Crippen LogP contribution in [0.3, 0.4) is 0 Å². The van der Waals surface area contributed by atoms with Gasteiger partial charge in [0.05, 0.1) is 22.9 Å². The van der Waals surface area contributed by atoms with E-state index in [4.69, 9.17) is 0 Å². The highest BCUT2D eigenvalue weighted by Gasteiger charge is 2.39. The van der Waals surface area contributed by atoms with Crippen molar-refractivity contribution in [3.05, 3.63) is 143 Å². The van der Waals surface area contributed by atoms with Gasteiger partial charge in [-0.05, 0) is 92.3 Å². The van der Waals surface area contributed by atoms with Crippen molar-refractivity contribution in [3.63, 3.8) is 0 Å². The lowest BCUT2D eigenvalue weighted by atomic mass is 9.85. The molecule has 5 aliphatic rings. The normalized spacial score (nSPS) is 25.4. The average molecular weight is 573 g/mol. The van der Waals surface area contributed by atoms with Crippen molar-refractivity contribution in [2.45, 2.75) is 69.4 Å². The number of rotatable bonds is 4. The predicted octanol–water partition coefficient (Wildman–Crippen LogP) is 8.64. The number of aromatic nitrogens is 1. The van der Waals surface area contributed by atoms with E-state index in [1.807, 2.05) is 0 Å². The van der Waals surface area contributed by atoms with Crippen LogP contribution in [-0.4, -0.2) is 16.7 Å². The second-order valence-corrected chi connectivity index (χ2v) is 13.3. The molecule has 4 unspecified atom stereocenters. The van der Waals surface area contributed by atoms with Gasteiger partial charge in [0, 0.05) is 39.4 Å². The zero-order chi connectivity index (χ0) is 29.0. The van der Waals surface area contributed by atoms with E-state index in [2.05, 4.69) is 131 Å². The Hall–Kier alpha value is -4.30. The minimum Gasteiger partial charge on any atom is -0.357 e. The highest BCUT2D eigenvalue weighted by Crippen LogP contribution is 2.44. The number of allylic oxidation sites excluding steroid dienone is 6. The summed E-state index contributed by atoms with van der Waals surface area (Å²) in [6, 6.07) is 28.4. The fourth-order valence-corrected chi connectivity index (χ4v) is 8.80. The van der Waals surface area contributed by atoms with Gasteiger partial charge >= 0.3 is 0 Å². The van der Waals surface area contributed by atoms with Crippen molar-refractivity contribution in [1.29, 1.82) is 0 Å². The molecule has 0 spiro atoms. The SMILES string of the molecule is C1=CC(C2=CC(N3c4ccccc4C4=c5c(n(-c6cccc(C7C=CCCC7)c6)c6ccccc56)=CCC43)CC=C2)CCC1. The number of benzene rings is 3. The van der Waals surface area contributed by atoms with Crippen LogP contribution in [0, 0.1) is 5.92 Å². The van der Waals surface area contributed by atoms with E-state index in [9.17, 15) is 0 Å². The lowest BCUT2D eigenvalue weighted by molar-refractivity contribution is 0.592. The summed E-state index contributed by atoms with van der Waals surface area (Å²) in [6.45, 7) is 0. The smallest absolute Gasteiger partial charge is 0.0597 e. The van der Waals surface area contributed by atoms with Crippen LogP contribution in [0.5, 0.6) is 0 Å². The van der Waals surface area contributed by atoms with E-state index in [1.165, 1.54) is 93.6 Å². The number of anilines is 1. The Balaban J connectivity index is 1.22. The standard InChI is InChI=1S/C42H40N2/c1-3-13-29(14-4-1)31-17-11-19-33(27-31)43-37-23-9-7-21-35(37)41-39(43)25-26-40-42(41)36-22-8-10-24-38(36)44(40)34-20-12-18-32(28-34)30-15-5-2-6-16-30/h3,5,7-13,15,17-19,21-25,27-30,34,40H,1-2,4,6,14,16,20,26H2. The Morgan fingerprint density at radius 1 is 0.727 bits per heavy atom. The molecule has 0 radical (unpaired) electrons. The summed E-state index contributed by atoms with van der Waals surface area (Å²) in [5.41, 5.74) is 9.85. The Kier molecular flexibility index (Phi) is 6.35. The number of para-hydroxylation sites is 2. The maximum absolute atomic E-state index is 2.77. The van der Waals surface area contributed by atoms with Gasteiger partial charge < -0.3 is 9.47 Å². The van der Waals surface area contributed by atoms with E-state index < -0.39 is 0 Å². The molecule has 4 aromatic rings. The third kappa shape index (κ3) is 4.14. The number of hydrogen-bond donors (Lipinski definition) is 0. The lowest BCUT2D eigenvalue weighted by Crippen LogP contribution is -2.45. The molecule has 1 aliphatic heterocycles. The third-order valence-corrected chi connectivity index (χ3v) is 10.8. The Morgan fingerprint density at radius 2 is 1.55 bits per heavy atom. The molecule has 2 heteroatoms. The summed E-state index contributed by atoms with van der Waals surface area (Å²) in [5, 5.41) is 4.16. The zero-order valence-electron chi connectivity index (χ0n) is 25.4. The van der Waals surface area contributed by atoms with Gasteiger partial charge in [0.2, 0.25) is 0 Å². The zero-order valence-corrected chi connectivity index (χ0v) is 25.4. The molecular formula is C42H40N2. The lowest BCUT2D eigenvalue weighted by Gasteiger charge is -2.36. The highest BCUT2D eigenvalue weighted by atomic mass is 15.2. The molecule has 2 heterocycles. The first kappa shape index (κ1) is 26.1. The van der Waals surface area contributed by atoms with Crippen LogP contribution in [0.15, 0.2) is 121 Å². The summed E-state index contributed by atoms with van der Waals surface area (Å²) in [6.07, 6.45) is 29.2. The molecule has 9 rings (SSSR count). The van der Waals surface area contributed by atoms with Crippen molar-refractivity contribution in [3.8, 4) is 5.69 Å². The largest absolute Gasteiger partial charge is 0.357 e. The molecule has 0 saturated carbocycles. The van der Waals surface area contributed by atoms with Gasteiger partial charge in [-0.1, -0.05) is 97.1 Å². The molecule has 2 nitrogen and oxygen atoms in total. The van der Waals surface area contributed by atoms with Crippen LogP contribution in [0.1, 0.15) is 68.4 Å². The number of hydrogen-bond acceptors (Lipinski definition) is 1. The van der Waals surface area contributed by atoms with Crippen molar-refractivity contribution in [2.75, 3.05) is 4.90 Å². The van der Waals surface area contributed by atoms with Gasteiger partial charge in [-0.15, -0.1) is 0 Å². The summed E-state index contributed by atoms with van der Waals surface area (Å²) in [5.74, 6) is 1.08. The van der Waals surface area contributed by atoms with Crippen LogP contribution >= 0.6 is 0 Å². The molecule has 4 aliphatic carbocycles. The van der Waals surface area contributed by atoms with Crippen molar-refractivity contribution in [2.24, 2.45) is 5.92 Å². The second-order valence-electron chi connectivity index (χ2n) is 13.3. The van der Waals surface area contributed by atoms with Gasteiger partial charge in [0.1, 0.15) is 0 Å². The Morgan fingerprint density at radius 3 is 2.41 bits per heavy atom. The van der Waals surface area contributed by atoms with Crippen molar-refractivity contribution < 1.29 is 0 Å². The topological polar surface area (TPSA) is 8.17 Å². The highest BCUT2D eigenvalue weighted by molar-refractivity contribution is 5.95. The average Bonchev–Trinajstić information content (AvgIpc) is 3.62. The quantitative estimate of drug-likeness (QED) is 0.222. The van der Waals surface area contributed by atoms with Crippen LogP contribution in [-0.2, 0) is 0 Å². The van der Waals surface area contributed by atoms with E-state index >= 15 is 0 Å². The molecule has 0 N–H and O–H groups in total. The molecule has 3 aromatic carbocycles. The van der Waals surface area contributed by atoms with Crippen molar-refractivity contribution >= 4 is 28.2 Å². The van der Waals surface area contributed by atoms with Crippen LogP contribution in [0.2, 0.25) is 0 Å². The maximum atomic E-state index is 2.77. The summed E-state index contributed by atoms with van der Waals surface area (Å²) in [7, 11) is 0. The molecule has 0 amide bonds. The molecule has 44 heavy (non-hydrogen) atoms. The fourth-order valence-electron chi connectivity index (χ4n) is 8.80. The molecule has 0 saturated heterocycles. The molecule has 0 fully saturated rings. The minimum absolute atomic E-state index is 0.341. The summed E-state index contributed by atoms with van der Waals surface area (Å²) >= 11 is 0. The van der Waals surface area contributed by atoms with Gasteiger partial charge in [0.15, 0.2) is 0 Å². The first-order valence-corrected chi connectivity index (χ1v) is 16.9. The van der Waals surface area contributed by atoms with E-state index in [0.29, 0.717) is 23.9 Å². The summed E-state index contributed by atoms with van der Waals surface area (Å²) < 4.78 is 2.55. The Bertz CT molecular complexity index is 2010. The molecular weight excluding hydrogens is 532 g/mol. The molecule has 4 atom stereocenters. The third-order valence-electron chi connectivity index (χ3n) is 10.8. The van der Waals surface area contributed by atoms with Crippen molar-refractivity contribution in [1.82, 2.24) is 4.57 Å². The molecule has 1 aromatic heterocycles. The van der Waals surface area contributed by atoms with Gasteiger partial charge in [0.25, 0.3) is 0 Å².